The molecule has 1 amide bonds. The van der Waals surface area contributed by atoms with Crippen LogP contribution < -0.4 is 10.1 Å². The number of amides is 1. The molecule has 0 aromatic heterocycles. The molecule has 0 atom stereocenters. The van der Waals surface area contributed by atoms with Crippen molar-refractivity contribution in [3.05, 3.63) is 59.9 Å². The van der Waals surface area contributed by atoms with E-state index in [4.69, 9.17) is 11.2 Å². The summed E-state index contributed by atoms with van der Waals surface area (Å²) in [7, 11) is 0. The first-order valence-electron chi connectivity index (χ1n) is 5.93. The Hall–Kier alpha value is -2.80. The van der Waals surface area contributed by atoms with E-state index < -0.39 is 5.82 Å². The van der Waals surface area contributed by atoms with Crippen molar-refractivity contribution in [3.8, 4) is 18.1 Å². The van der Waals surface area contributed by atoms with Gasteiger partial charge in [-0.3, -0.25) is 4.79 Å². The average Bonchev–Trinajstić information content (AvgIpc) is 2.46. The maximum absolute atomic E-state index is 13.3. The van der Waals surface area contributed by atoms with Crippen LogP contribution in [-0.2, 0) is 4.79 Å². The molecule has 0 saturated carbocycles. The zero-order chi connectivity index (χ0) is 14.4. The smallest absolute Gasteiger partial charge is 0.262 e. The summed E-state index contributed by atoms with van der Waals surface area (Å²) in [6.45, 7) is -0.277. The molecule has 2 aromatic carbocycles. The molecular weight excluding hydrogens is 257 g/mol. The molecule has 3 nitrogen and oxygen atoms in total. The number of nitrogens with one attached hydrogen (secondary N) is 1. The van der Waals surface area contributed by atoms with Gasteiger partial charge in [0.25, 0.3) is 5.91 Å². The third kappa shape index (κ3) is 3.59. The Balaban J connectivity index is 1.93. The summed E-state index contributed by atoms with van der Waals surface area (Å²) >= 11 is 0. The maximum atomic E-state index is 13.3. The predicted octanol–water partition coefficient (Wildman–Crippen LogP) is 2.82. The van der Waals surface area contributed by atoms with Crippen LogP contribution in [0.15, 0.2) is 48.5 Å². The highest BCUT2D eigenvalue weighted by molar-refractivity contribution is 5.92. The summed E-state index contributed by atoms with van der Waals surface area (Å²) < 4.78 is 18.4. The second kappa shape index (κ2) is 6.39. The predicted molar refractivity (Wildman–Crippen MR) is 74.9 cm³/mol. The number of para-hydroxylation sites is 1. The number of ether oxygens (including phenoxy) is 1. The van der Waals surface area contributed by atoms with Crippen LogP contribution in [0, 0.1) is 18.2 Å². The molecule has 100 valence electrons. The largest absolute Gasteiger partial charge is 0.481 e. The lowest BCUT2D eigenvalue weighted by atomic mass is 10.2. The van der Waals surface area contributed by atoms with Crippen LogP contribution in [0.5, 0.6) is 5.75 Å². The topological polar surface area (TPSA) is 38.3 Å². The van der Waals surface area contributed by atoms with Gasteiger partial charge in [0, 0.05) is 11.3 Å². The first-order valence-corrected chi connectivity index (χ1v) is 5.93. The highest BCUT2D eigenvalue weighted by Crippen LogP contribution is 2.15. The Kier molecular flexibility index (Phi) is 4.35. The number of hydrogen-bond acceptors (Lipinski definition) is 2. The molecule has 0 aliphatic heterocycles. The second-order valence-electron chi connectivity index (χ2n) is 3.99. The van der Waals surface area contributed by atoms with Gasteiger partial charge in [-0.15, -0.1) is 6.42 Å². The number of anilines is 1. The van der Waals surface area contributed by atoms with Gasteiger partial charge in [-0.25, -0.2) is 4.39 Å². The van der Waals surface area contributed by atoms with Gasteiger partial charge in [0.1, 0.15) is 0 Å². The van der Waals surface area contributed by atoms with Crippen LogP contribution in [0.4, 0.5) is 10.1 Å². The fourth-order valence-electron chi connectivity index (χ4n) is 1.59. The van der Waals surface area contributed by atoms with Gasteiger partial charge >= 0.3 is 0 Å². The van der Waals surface area contributed by atoms with Crippen LogP contribution in [0.1, 0.15) is 5.56 Å². The van der Waals surface area contributed by atoms with Crippen molar-refractivity contribution in [2.45, 2.75) is 0 Å². The van der Waals surface area contributed by atoms with E-state index in [0.717, 1.165) is 0 Å². The van der Waals surface area contributed by atoms with Crippen LogP contribution in [0.2, 0.25) is 0 Å². The average molecular weight is 269 g/mol. The third-order valence-electron chi connectivity index (χ3n) is 2.51. The Morgan fingerprint density at radius 1 is 1.25 bits per heavy atom. The maximum Gasteiger partial charge on any atom is 0.262 e. The number of hydrogen-bond donors (Lipinski definition) is 1. The first kappa shape index (κ1) is 13.6. The zero-order valence-electron chi connectivity index (χ0n) is 10.6. The molecule has 0 bridgehead atoms. The standard InChI is InChI=1S/C16H12FNO2/c1-2-12-6-5-7-13(10-12)18-16(19)11-20-15-9-4-3-8-14(15)17/h1,3-10H,11H2,(H,18,19). The molecular formula is C16H12FNO2. The van der Waals surface area contributed by atoms with Crippen molar-refractivity contribution in [2.75, 3.05) is 11.9 Å². The van der Waals surface area contributed by atoms with E-state index in [1.54, 1.807) is 36.4 Å². The van der Waals surface area contributed by atoms with Gasteiger partial charge in [0.15, 0.2) is 18.2 Å². The number of carbonyl (C=O) groups is 1. The summed E-state index contributed by atoms with van der Waals surface area (Å²) in [5.41, 5.74) is 1.24. The lowest BCUT2D eigenvalue weighted by molar-refractivity contribution is -0.118. The van der Waals surface area contributed by atoms with Gasteiger partial charge in [0.2, 0.25) is 0 Å². The van der Waals surface area contributed by atoms with Crippen LogP contribution in [0.3, 0.4) is 0 Å². The second-order valence-corrected chi connectivity index (χ2v) is 3.99. The minimum absolute atomic E-state index is 0.0417. The van der Waals surface area contributed by atoms with Crippen molar-refractivity contribution in [2.24, 2.45) is 0 Å². The van der Waals surface area contributed by atoms with E-state index in [9.17, 15) is 9.18 Å². The number of rotatable bonds is 4. The van der Waals surface area contributed by atoms with Crippen molar-refractivity contribution < 1.29 is 13.9 Å². The Morgan fingerprint density at radius 3 is 2.80 bits per heavy atom. The highest BCUT2D eigenvalue weighted by Gasteiger charge is 2.06. The van der Waals surface area contributed by atoms with Gasteiger partial charge in [-0.1, -0.05) is 24.1 Å². The zero-order valence-corrected chi connectivity index (χ0v) is 10.6. The van der Waals surface area contributed by atoms with Crippen molar-refractivity contribution in [1.82, 2.24) is 0 Å². The molecule has 20 heavy (non-hydrogen) atoms. The summed E-state index contributed by atoms with van der Waals surface area (Å²) in [4.78, 5) is 11.7. The molecule has 0 unspecified atom stereocenters. The summed E-state index contributed by atoms with van der Waals surface area (Å²) in [6.07, 6.45) is 5.27. The highest BCUT2D eigenvalue weighted by atomic mass is 19.1. The van der Waals surface area contributed by atoms with Crippen molar-refractivity contribution in [1.29, 1.82) is 0 Å². The first-order chi connectivity index (χ1) is 9.69. The van der Waals surface area contributed by atoms with Crippen LogP contribution in [0.25, 0.3) is 0 Å². The minimum atomic E-state index is -0.505. The Bertz CT molecular complexity index is 662. The monoisotopic (exact) mass is 269 g/mol. The molecule has 0 heterocycles. The normalized spacial score (nSPS) is 9.60. The number of benzene rings is 2. The van der Waals surface area contributed by atoms with Crippen molar-refractivity contribution >= 4 is 11.6 Å². The van der Waals surface area contributed by atoms with E-state index in [-0.39, 0.29) is 18.3 Å². The molecule has 0 fully saturated rings. The molecule has 0 aliphatic rings. The molecule has 2 rings (SSSR count). The molecule has 0 spiro atoms. The van der Waals surface area contributed by atoms with E-state index >= 15 is 0 Å². The SMILES string of the molecule is C#Cc1cccc(NC(=O)COc2ccccc2F)c1. The third-order valence-corrected chi connectivity index (χ3v) is 2.51. The van der Waals surface area contributed by atoms with E-state index in [2.05, 4.69) is 11.2 Å². The molecule has 1 N–H and O–H groups in total. The fraction of sp³-hybridized carbons (Fsp3) is 0.0625. The number of terminal acetylenes is 1. The van der Waals surface area contributed by atoms with E-state index in [0.29, 0.717) is 11.3 Å². The summed E-state index contributed by atoms with van der Waals surface area (Å²) in [6, 6.07) is 12.8. The lowest BCUT2D eigenvalue weighted by Gasteiger charge is -2.08. The van der Waals surface area contributed by atoms with Gasteiger partial charge in [-0.05, 0) is 30.3 Å². The molecule has 0 saturated heterocycles. The molecule has 0 aliphatic carbocycles. The van der Waals surface area contributed by atoms with Crippen LogP contribution >= 0.6 is 0 Å². The Labute approximate surface area is 116 Å². The van der Waals surface area contributed by atoms with Gasteiger partial charge in [0.05, 0.1) is 0 Å². The van der Waals surface area contributed by atoms with Crippen LogP contribution in [-0.4, -0.2) is 12.5 Å². The molecule has 2 aromatic rings. The number of carbonyl (C=O) groups excluding carboxylic acids is 1. The van der Waals surface area contributed by atoms with Gasteiger partial charge < -0.3 is 10.1 Å². The number of halogens is 1. The summed E-state index contributed by atoms with van der Waals surface area (Å²) in [5, 5.41) is 2.62. The molecule has 0 radical (unpaired) electrons. The van der Waals surface area contributed by atoms with Gasteiger partial charge in [-0.2, -0.15) is 0 Å². The molecule has 4 heteroatoms. The summed E-state index contributed by atoms with van der Waals surface area (Å²) in [5.74, 6) is 1.62. The van der Waals surface area contributed by atoms with E-state index in [1.165, 1.54) is 12.1 Å². The minimum Gasteiger partial charge on any atom is -0.481 e. The van der Waals surface area contributed by atoms with Crippen molar-refractivity contribution in [3.63, 3.8) is 0 Å². The van der Waals surface area contributed by atoms with E-state index in [1.807, 2.05) is 0 Å². The Morgan fingerprint density at radius 2 is 2.05 bits per heavy atom. The lowest BCUT2D eigenvalue weighted by Crippen LogP contribution is -2.20. The fourth-order valence-corrected chi connectivity index (χ4v) is 1.59. The quantitative estimate of drug-likeness (QED) is 0.867.